The van der Waals surface area contributed by atoms with Gasteiger partial charge in [-0.05, 0) is 35.4 Å². The van der Waals surface area contributed by atoms with Gasteiger partial charge in [0.05, 0.1) is 0 Å². The SMILES string of the molecule is C=C(Cc1ccc(COc2ccc(F)cc2)cc1)C(=O)N1CCNCC1.Cl. The molecule has 0 aromatic heterocycles. The number of ether oxygens (including phenoxy) is 1. The summed E-state index contributed by atoms with van der Waals surface area (Å²) in [5.74, 6) is 0.387. The van der Waals surface area contributed by atoms with Crippen LogP contribution in [0.4, 0.5) is 4.39 Å². The molecule has 0 unspecified atom stereocenters. The fraction of sp³-hybridized carbons (Fsp3) is 0.286. The molecule has 0 bridgehead atoms. The van der Waals surface area contributed by atoms with Crippen molar-refractivity contribution in [1.82, 2.24) is 10.2 Å². The highest BCUT2D eigenvalue weighted by molar-refractivity contribution is 5.93. The van der Waals surface area contributed by atoms with Crippen molar-refractivity contribution in [1.29, 1.82) is 0 Å². The average Bonchev–Trinajstić information content (AvgIpc) is 2.68. The molecular weight excluding hydrogens is 367 g/mol. The van der Waals surface area contributed by atoms with Gasteiger partial charge in [-0.1, -0.05) is 30.8 Å². The van der Waals surface area contributed by atoms with Gasteiger partial charge in [-0.2, -0.15) is 0 Å². The summed E-state index contributed by atoms with van der Waals surface area (Å²) in [5.41, 5.74) is 2.67. The summed E-state index contributed by atoms with van der Waals surface area (Å²) < 4.78 is 18.5. The molecule has 1 N–H and O–H groups in total. The molecule has 2 aromatic carbocycles. The van der Waals surface area contributed by atoms with Crippen LogP contribution in [0.15, 0.2) is 60.7 Å². The molecule has 1 saturated heterocycles. The number of amides is 1. The zero-order valence-corrected chi connectivity index (χ0v) is 15.9. The molecule has 3 rings (SSSR count). The number of rotatable bonds is 6. The van der Waals surface area contributed by atoms with Crippen molar-refractivity contribution in [3.05, 3.63) is 77.6 Å². The van der Waals surface area contributed by atoms with Crippen LogP contribution < -0.4 is 10.1 Å². The molecule has 1 aliphatic rings. The van der Waals surface area contributed by atoms with E-state index in [4.69, 9.17) is 4.74 Å². The highest BCUT2D eigenvalue weighted by Gasteiger charge is 2.18. The molecule has 0 atom stereocenters. The Hall–Kier alpha value is -2.37. The lowest BCUT2D eigenvalue weighted by molar-refractivity contribution is -0.127. The highest BCUT2D eigenvalue weighted by atomic mass is 35.5. The van der Waals surface area contributed by atoms with Gasteiger partial charge in [-0.25, -0.2) is 4.39 Å². The van der Waals surface area contributed by atoms with Crippen molar-refractivity contribution in [2.75, 3.05) is 26.2 Å². The summed E-state index contributed by atoms with van der Waals surface area (Å²) >= 11 is 0. The second-order valence-electron chi connectivity index (χ2n) is 6.38. The fourth-order valence-electron chi connectivity index (χ4n) is 2.86. The fourth-order valence-corrected chi connectivity index (χ4v) is 2.86. The molecule has 2 aromatic rings. The minimum absolute atomic E-state index is 0. The minimum Gasteiger partial charge on any atom is -0.489 e. The maximum Gasteiger partial charge on any atom is 0.249 e. The van der Waals surface area contributed by atoms with E-state index in [1.54, 1.807) is 12.1 Å². The lowest BCUT2D eigenvalue weighted by Gasteiger charge is -2.28. The highest BCUT2D eigenvalue weighted by Crippen LogP contribution is 2.15. The smallest absolute Gasteiger partial charge is 0.249 e. The summed E-state index contributed by atoms with van der Waals surface area (Å²) in [4.78, 5) is 14.3. The van der Waals surface area contributed by atoms with Gasteiger partial charge in [0.25, 0.3) is 0 Å². The number of nitrogens with zero attached hydrogens (tertiary/aromatic N) is 1. The predicted octanol–water partition coefficient (Wildman–Crippen LogP) is 3.36. The van der Waals surface area contributed by atoms with E-state index in [0.717, 1.165) is 37.3 Å². The van der Waals surface area contributed by atoms with Crippen LogP contribution in [0, 0.1) is 5.82 Å². The lowest BCUT2D eigenvalue weighted by atomic mass is 10.0. The molecule has 0 radical (unpaired) electrons. The van der Waals surface area contributed by atoms with Crippen molar-refractivity contribution in [2.45, 2.75) is 13.0 Å². The van der Waals surface area contributed by atoms with Crippen molar-refractivity contribution < 1.29 is 13.9 Å². The molecule has 144 valence electrons. The van der Waals surface area contributed by atoms with E-state index in [1.807, 2.05) is 29.2 Å². The van der Waals surface area contributed by atoms with Crippen LogP contribution in [0.2, 0.25) is 0 Å². The van der Waals surface area contributed by atoms with Crippen LogP contribution in [0.1, 0.15) is 11.1 Å². The third kappa shape index (κ3) is 6.08. The van der Waals surface area contributed by atoms with Crippen LogP contribution in [-0.4, -0.2) is 37.0 Å². The van der Waals surface area contributed by atoms with Crippen molar-refractivity contribution >= 4 is 18.3 Å². The Morgan fingerprint density at radius 2 is 1.63 bits per heavy atom. The Morgan fingerprint density at radius 3 is 2.26 bits per heavy atom. The molecule has 0 aliphatic carbocycles. The molecule has 1 aliphatic heterocycles. The third-order valence-electron chi connectivity index (χ3n) is 4.37. The first kappa shape index (κ1) is 20.9. The normalized spacial score (nSPS) is 13.6. The van der Waals surface area contributed by atoms with Gasteiger partial charge in [0.1, 0.15) is 18.2 Å². The predicted molar refractivity (Wildman–Crippen MR) is 107 cm³/mol. The molecular formula is C21H24ClFN2O2. The molecule has 1 fully saturated rings. The Morgan fingerprint density at radius 1 is 1.04 bits per heavy atom. The first-order valence-electron chi connectivity index (χ1n) is 8.76. The van der Waals surface area contributed by atoms with Crippen molar-refractivity contribution in [2.24, 2.45) is 0 Å². The van der Waals surface area contributed by atoms with Crippen LogP contribution in [0.3, 0.4) is 0 Å². The summed E-state index contributed by atoms with van der Waals surface area (Å²) in [5, 5.41) is 3.24. The molecule has 1 heterocycles. The summed E-state index contributed by atoms with van der Waals surface area (Å²) in [6, 6.07) is 13.9. The molecule has 6 heteroatoms. The van der Waals surface area contributed by atoms with E-state index in [9.17, 15) is 9.18 Å². The van der Waals surface area contributed by atoms with Gasteiger partial charge in [0.15, 0.2) is 0 Å². The Balaban J connectivity index is 0.00000261. The standard InChI is InChI=1S/C21H23FN2O2.ClH/c1-16(21(25)24-12-10-23-11-13-24)14-17-2-4-18(5-3-17)15-26-20-8-6-19(22)7-9-20;/h2-9,23H,1,10-15H2;1H. The molecule has 1 amide bonds. The van der Waals surface area contributed by atoms with E-state index < -0.39 is 0 Å². The van der Waals surface area contributed by atoms with E-state index in [-0.39, 0.29) is 24.1 Å². The number of hydrogen-bond donors (Lipinski definition) is 1. The topological polar surface area (TPSA) is 41.6 Å². The maximum absolute atomic E-state index is 12.9. The Kier molecular flexibility index (Phi) is 7.82. The van der Waals surface area contributed by atoms with Crippen LogP contribution in [0.5, 0.6) is 5.75 Å². The number of hydrogen-bond acceptors (Lipinski definition) is 3. The van der Waals surface area contributed by atoms with Crippen molar-refractivity contribution in [3.8, 4) is 5.75 Å². The largest absolute Gasteiger partial charge is 0.489 e. The number of carbonyl (C=O) groups is 1. The number of benzene rings is 2. The molecule has 4 nitrogen and oxygen atoms in total. The van der Waals surface area contributed by atoms with Gasteiger partial charge in [-0.3, -0.25) is 4.79 Å². The minimum atomic E-state index is -0.280. The Bertz CT molecular complexity index is 757. The third-order valence-corrected chi connectivity index (χ3v) is 4.37. The van der Waals surface area contributed by atoms with Crippen LogP contribution in [-0.2, 0) is 17.8 Å². The maximum atomic E-state index is 12.9. The van der Waals surface area contributed by atoms with E-state index in [1.165, 1.54) is 12.1 Å². The molecule has 0 spiro atoms. The molecule has 27 heavy (non-hydrogen) atoms. The quantitative estimate of drug-likeness (QED) is 0.769. The second-order valence-corrected chi connectivity index (χ2v) is 6.38. The number of carbonyl (C=O) groups excluding carboxylic acids is 1. The van der Waals surface area contributed by atoms with Crippen molar-refractivity contribution in [3.63, 3.8) is 0 Å². The Labute approximate surface area is 165 Å². The van der Waals surface area contributed by atoms with E-state index in [2.05, 4.69) is 11.9 Å². The lowest BCUT2D eigenvalue weighted by Crippen LogP contribution is -2.46. The number of halogens is 2. The zero-order chi connectivity index (χ0) is 18.4. The van der Waals surface area contributed by atoms with Gasteiger partial charge >= 0.3 is 0 Å². The average molecular weight is 391 g/mol. The number of nitrogens with one attached hydrogen (secondary N) is 1. The second kappa shape index (κ2) is 10.1. The van der Waals surface area contributed by atoms with Crippen LogP contribution in [0.25, 0.3) is 0 Å². The van der Waals surface area contributed by atoms with Gasteiger partial charge in [0, 0.05) is 38.2 Å². The number of piperazine rings is 1. The van der Waals surface area contributed by atoms with Gasteiger partial charge in [0.2, 0.25) is 5.91 Å². The molecule has 0 saturated carbocycles. The van der Waals surface area contributed by atoms with Gasteiger partial charge in [-0.15, -0.1) is 12.4 Å². The summed E-state index contributed by atoms with van der Waals surface area (Å²) in [6.07, 6.45) is 0.544. The monoisotopic (exact) mass is 390 g/mol. The first-order valence-corrected chi connectivity index (χ1v) is 8.76. The van der Waals surface area contributed by atoms with Gasteiger partial charge < -0.3 is 15.0 Å². The summed E-state index contributed by atoms with van der Waals surface area (Å²) in [7, 11) is 0. The van der Waals surface area contributed by atoms with Crippen LogP contribution >= 0.6 is 12.4 Å². The first-order chi connectivity index (χ1) is 12.6. The van der Waals surface area contributed by atoms with E-state index >= 15 is 0 Å². The summed E-state index contributed by atoms with van der Waals surface area (Å²) in [6.45, 7) is 7.51. The van der Waals surface area contributed by atoms with E-state index in [0.29, 0.717) is 24.4 Å². The zero-order valence-electron chi connectivity index (χ0n) is 15.1.